The van der Waals surface area contributed by atoms with Crippen LogP contribution < -0.4 is 5.32 Å². The minimum absolute atomic E-state index is 0.817. The van der Waals surface area contributed by atoms with Crippen molar-refractivity contribution in [1.82, 2.24) is 10.2 Å². The quantitative estimate of drug-likeness (QED) is 0.810. The minimum atomic E-state index is 0.817. The van der Waals surface area contributed by atoms with Crippen LogP contribution >= 0.6 is 0 Å². The largest absolute Gasteiger partial charge is 0.314 e. The van der Waals surface area contributed by atoms with Gasteiger partial charge in [-0.25, -0.2) is 0 Å². The van der Waals surface area contributed by atoms with Gasteiger partial charge in [-0.15, -0.1) is 0 Å². The van der Waals surface area contributed by atoms with Crippen LogP contribution in [-0.4, -0.2) is 35.6 Å². The minimum Gasteiger partial charge on any atom is -0.314 e. The van der Waals surface area contributed by atoms with E-state index in [-0.39, 0.29) is 0 Å². The van der Waals surface area contributed by atoms with Crippen LogP contribution in [0.5, 0.6) is 0 Å². The predicted molar refractivity (Wildman–Crippen MR) is 72.2 cm³/mol. The molecule has 2 atom stereocenters. The van der Waals surface area contributed by atoms with Crippen molar-refractivity contribution in [3.8, 4) is 0 Å². The van der Waals surface area contributed by atoms with Crippen LogP contribution in [0.25, 0.3) is 0 Å². The Hall–Kier alpha value is -0.0800. The lowest BCUT2D eigenvalue weighted by Crippen LogP contribution is -2.53. The molecule has 2 bridgehead atoms. The number of hydrogen-bond donors (Lipinski definition) is 1. The van der Waals surface area contributed by atoms with Crippen LogP contribution in [0.15, 0.2) is 0 Å². The molecule has 1 N–H and O–H groups in total. The van der Waals surface area contributed by atoms with E-state index >= 15 is 0 Å². The summed E-state index contributed by atoms with van der Waals surface area (Å²) in [6.45, 7) is 3.39. The van der Waals surface area contributed by atoms with Crippen molar-refractivity contribution >= 4 is 0 Å². The maximum Gasteiger partial charge on any atom is 0.0116 e. The zero-order valence-electron chi connectivity index (χ0n) is 11.3. The maximum absolute atomic E-state index is 3.68. The van der Waals surface area contributed by atoms with Gasteiger partial charge in [0.1, 0.15) is 0 Å². The Morgan fingerprint density at radius 2 is 1.53 bits per heavy atom. The van der Waals surface area contributed by atoms with Crippen LogP contribution in [0.2, 0.25) is 0 Å². The summed E-state index contributed by atoms with van der Waals surface area (Å²) < 4.78 is 0. The molecule has 0 amide bonds. The van der Waals surface area contributed by atoms with Gasteiger partial charge in [-0.3, -0.25) is 4.90 Å². The smallest absolute Gasteiger partial charge is 0.0116 e. The van der Waals surface area contributed by atoms with E-state index in [1.807, 2.05) is 0 Å². The molecule has 0 spiro atoms. The third kappa shape index (κ3) is 2.39. The number of nitrogens with one attached hydrogen (secondary N) is 1. The fourth-order valence-electron chi connectivity index (χ4n) is 4.64. The van der Waals surface area contributed by atoms with E-state index in [4.69, 9.17) is 0 Å². The molecule has 17 heavy (non-hydrogen) atoms. The molecule has 0 aromatic rings. The van der Waals surface area contributed by atoms with Gasteiger partial charge in [0.05, 0.1) is 0 Å². The van der Waals surface area contributed by atoms with Crippen molar-refractivity contribution in [3.63, 3.8) is 0 Å². The summed E-state index contributed by atoms with van der Waals surface area (Å²) in [5.41, 5.74) is 0. The Labute approximate surface area is 106 Å². The van der Waals surface area contributed by atoms with Gasteiger partial charge in [-0.05, 0) is 45.1 Å². The zero-order chi connectivity index (χ0) is 11.7. The first-order valence-corrected chi connectivity index (χ1v) is 7.89. The van der Waals surface area contributed by atoms with Gasteiger partial charge in [0.15, 0.2) is 0 Å². The first-order chi connectivity index (χ1) is 8.38. The van der Waals surface area contributed by atoms with Crippen LogP contribution in [-0.2, 0) is 0 Å². The lowest BCUT2D eigenvalue weighted by atomic mass is 9.89. The van der Waals surface area contributed by atoms with Crippen molar-refractivity contribution in [1.29, 1.82) is 0 Å². The van der Waals surface area contributed by atoms with Crippen molar-refractivity contribution in [3.05, 3.63) is 0 Å². The molecule has 1 saturated carbocycles. The molecule has 0 radical (unpaired) electrons. The van der Waals surface area contributed by atoms with Gasteiger partial charge in [0, 0.05) is 24.2 Å². The van der Waals surface area contributed by atoms with E-state index in [0.29, 0.717) is 0 Å². The van der Waals surface area contributed by atoms with Crippen LogP contribution in [0.1, 0.15) is 64.7 Å². The Balaban J connectivity index is 1.63. The van der Waals surface area contributed by atoms with Gasteiger partial charge in [-0.2, -0.15) is 0 Å². The number of piperidine rings is 1. The molecular weight excluding hydrogens is 208 g/mol. The highest BCUT2D eigenvalue weighted by atomic mass is 15.3. The number of nitrogens with zero attached hydrogens (tertiary/aromatic N) is 1. The highest BCUT2D eigenvalue weighted by Gasteiger charge is 2.43. The monoisotopic (exact) mass is 236 g/mol. The Kier molecular flexibility index (Phi) is 3.72. The average molecular weight is 236 g/mol. The van der Waals surface area contributed by atoms with Gasteiger partial charge in [0.25, 0.3) is 0 Å². The van der Waals surface area contributed by atoms with Gasteiger partial charge in [-0.1, -0.05) is 26.2 Å². The highest BCUT2D eigenvalue weighted by Crippen LogP contribution is 2.40. The molecule has 2 saturated heterocycles. The third-order valence-electron chi connectivity index (χ3n) is 5.28. The first kappa shape index (κ1) is 12.0. The summed E-state index contributed by atoms with van der Waals surface area (Å²) in [5, 5.41) is 3.68. The van der Waals surface area contributed by atoms with E-state index < -0.39 is 0 Å². The fourth-order valence-corrected chi connectivity index (χ4v) is 4.64. The van der Waals surface area contributed by atoms with E-state index in [0.717, 1.165) is 30.7 Å². The summed E-state index contributed by atoms with van der Waals surface area (Å²) in [6.07, 6.45) is 13.2. The van der Waals surface area contributed by atoms with Crippen molar-refractivity contribution < 1.29 is 0 Å². The fraction of sp³-hybridized carbons (Fsp3) is 1.00. The van der Waals surface area contributed by atoms with E-state index in [9.17, 15) is 0 Å². The molecule has 98 valence electrons. The zero-order valence-corrected chi connectivity index (χ0v) is 11.3. The second-order valence-electron chi connectivity index (χ2n) is 6.35. The van der Waals surface area contributed by atoms with Crippen molar-refractivity contribution in [2.45, 2.75) is 88.9 Å². The summed E-state index contributed by atoms with van der Waals surface area (Å²) in [4.78, 5) is 2.95. The summed E-state index contributed by atoms with van der Waals surface area (Å²) in [6, 6.07) is 3.60. The molecule has 3 aliphatic rings. The third-order valence-corrected chi connectivity index (χ3v) is 5.28. The standard InChI is InChI=1S/C15H28N2/c1-2-16-12-10-14-8-9-15(11-12)17(14)13-6-4-3-5-7-13/h12-16H,2-11H2,1H3. The van der Waals surface area contributed by atoms with Crippen LogP contribution in [0.4, 0.5) is 0 Å². The summed E-state index contributed by atoms with van der Waals surface area (Å²) in [7, 11) is 0. The number of hydrogen-bond acceptors (Lipinski definition) is 2. The summed E-state index contributed by atoms with van der Waals surface area (Å²) >= 11 is 0. The number of rotatable bonds is 3. The molecule has 3 fully saturated rings. The van der Waals surface area contributed by atoms with Crippen molar-refractivity contribution in [2.24, 2.45) is 0 Å². The van der Waals surface area contributed by atoms with Crippen LogP contribution in [0.3, 0.4) is 0 Å². The molecule has 2 unspecified atom stereocenters. The lowest BCUT2D eigenvalue weighted by molar-refractivity contribution is 0.0518. The second kappa shape index (κ2) is 5.27. The highest BCUT2D eigenvalue weighted by molar-refractivity contribution is 5.00. The average Bonchev–Trinajstić information content (AvgIpc) is 2.63. The Morgan fingerprint density at radius 1 is 0.882 bits per heavy atom. The van der Waals surface area contributed by atoms with Crippen molar-refractivity contribution in [2.75, 3.05) is 6.54 Å². The first-order valence-electron chi connectivity index (χ1n) is 7.89. The molecule has 2 heterocycles. The van der Waals surface area contributed by atoms with Gasteiger partial charge >= 0.3 is 0 Å². The summed E-state index contributed by atoms with van der Waals surface area (Å²) in [5.74, 6) is 0. The second-order valence-corrected chi connectivity index (χ2v) is 6.35. The molecule has 2 aliphatic heterocycles. The molecule has 3 rings (SSSR count). The molecule has 2 nitrogen and oxygen atoms in total. The molecule has 1 aliphatic carbocycles. The van der Waals surface area contributed by atoms with E-state index in [2.05, 4.69) is 17.1 Å². The molecule has 2 heteroatoms. The Morgan fingerprint density at radius 3 is 2.12 bits per heavy atom. The molecule has 0 aromatic heterocycles. The van der Waals surface area contributed by atoms with E-state index in [1.165, 1.54) is 57.8 Å². The van der Waals surface area contributed by atoms with Gasteiger partial charge in [0.2, 0.25) is 0 Å². The molecular formula is C15H28N2. The maximum atomic E-state index is 3.68. The lowest BCUT2D eigenvalue weighted by Gasteiger charge is -2.45. The molecule has 0 aromatic carbocycles. The SMILES string of the molecule is CCNC1CC2CCC(C1)N2C1CCCCC1. The van der Waals surface area contributed by atoms with E-state index in [1.54, 1.807) is 0 Å². The Bertz CT molecular complexity index is 233. The normalized spacial score (nSPS) is 39.7. The predicted octanol–water partition coefficient (Wildman–Crippen LogP) is 2.92. The number of fused-ring (bicyclic) bond motifs is 2. The topological polar surface area (TPSA) is 15.3 Å². The van der Waals surface area contributed by atoms with Crippen LogP contribution in [0, 0.1) is 0 Å². The van der Waals surface area contributed by atoms with Gasteiger partial charge < -0.3 is 5.32 Å².